The molecule has 5 nitrogen and oxygen atoms in total. The summed E-state index contributed by atoms with van der Waals surface area (Å²) in [6, 6.07) is 12.0. The molecule has 0 saturated carbocycles. The molecule has 6 heteroatoms. The first-order valence-corrected chi connectivity index (χ1v) is 9.48. The molecule has 1 aliphatic heterocycles. The number of ether oxygens (including phenoxy) is 2. The average Bonchev–Trinajstić information content (AvgIpc) is 2.61. The Bertz CT molecular complexity index is 787. The van der Waals surface area contributed by atoms with Crippen LogP contribution in [0.15, 0.2) is 42.6 Å². The second kappa shape index (κ2) is 8.28. The van der Waals surface area contributed by atoms with E-state index in [1.54, 1.807) is 17.2 Å². The lowest BCUT2D eigenvalue weighted by molar-refractivity contribution is -0.0415. The molecule has 3 rings (SSSR count). The van der Waals surface area contributed by atoms with Crippen molar-refractivity contribution in [1.82, 2.24) is 9.88 Å². The van der Waals surface area contributed by atoms with Crippen LogP contribution in [-0.4, -0.2) is 47.4 Å². The maximum absolute atomic E-state index is 12.3. The number of aromatic nitrogens is 1. The number of morpholine rings is 1. The highest BCUT2D eigenvalue weighted by Crippen LogP contribution is 2.22. The zero-order valence-corrected chi connectivity index (χ0v) is 16.7. The molecule has 144 valence electrons. The zero-order valence-electron chi connectivity index (χ0n) is 15.9. The van der Waals surface area contributed by atoms with Gasteiger partial charge >= 0.3 is 6.09 Å². The number of rotatable bonds is 3. The summed E-state index contributed by atoms with van der Waals surface area (Å²) >= 11 is 5.87. The third-order valence-corrected chi connectivity index (χ3v) is 4.47. The summed E-state index contributed by atoms with van der Waals surface area (Å²) < 4.78 is 11.4. The van der Waals surface area contributed by atoms with E-state index in [9.17, 15) is 4.79 Å². The zero-order chi connectivity index (χ0) is 19.4. The van der Waals surface area contributed by atoms with Crippen LogP contribution in [0.3, 0.4) is 0 Å². The highest BCUT2D eigenvalue weighted by atomic mass is 35.5. The fraction of sp³-hybridized carbons (Fsp3) is 0.429. The molecule has 1 atom stereocenters. The SMILES string of the molecule is CC(C)(C)OC(=O)N1CCO[C@H](Cc2cccc(-c3ccc(Cl)nc3)c2)C1. The first-order valence-electron chi connectivity index (χ1n) is 9.10. The van der Waals surface area contributed by atoms with Crippen LogP contribution in [0.4, 0.5) is 4.79 Å². The van der Waals surface area contributed by atoms with E-state index in [0.717, 1.165) is 23.1 Å². The normalized spacial score (nSPS) is 17.6. The van der Waals surface area contributed by atoms with Crippen molar-refractivity contribution in [2.75, 3.05) is 19.7 Å². The largest absolute Gasteiger partial charge is 0.444 e. The lowest BCUT2D eigenvalue weighted by atomic mass is 10.0. The summed E-state index contributed by atoms with van der Waals surface area (Å²) in [7, 11) is 0. The smallest absolute Gasteiger partial charge is 0.410 e. The van der Waals surface area contributed by atoms with Gasteiger partial charge in [-0.2, -0.15) is 0 Å². The standard InChI is InChI=1S/C21H25ClN2O3/c1-21(2,3)27-20(25)24-9-10-26-18(14-24)12-15-5-4-6-16(11-15)17-7-8-19(22)23-13-17/h4-8,11,13,18H,9-10,12,14H2,1-3H3/t18-/m1/s1. The van der Waals surface area contributed by atoms with Gasteiger partial charge in [0.15, 0.2) is 0 Å². The Morgan fingerprint density at radius 3 is 2.81 bits per heavy atom. The molecule has 1 aromatic carbocycles. The minimum absolute atomic E-state index is 0.0511. The van der Waals surface area contributed by atoms with E-state index >= 15 is 0 Å². The van der Waals surface area contributed by atoms with E-state index in [0.29, 0.717) is 24.8 Å². The van der Waals surface area contributed by atoms with E-state index < -0.39 is 5.60 Å². The molecular formula is C21H25ClN2O3. The minimum Gasteiger partial charge on any atom is -0.444 e. The van der Waals surface area contributed by atoms with Crippen LogP contribution in [0, 0.1) is 0 Å². The molecule has 1 aliphatic rings. The van der Waals surface area contributed by atoms with Crippen molar-refractivity contribution in [2.24, 2.45) is 0 Å². The van der Waals surface area contributed by atoms with Gasteiger partial charge in [0, 0.05) is 24.7 Å². The lowest BCUT2D eigenvalue weighted by Crippen LogP contribution is -2.48. The molecule has 27 heavy (non-hydrogen) atoms. The summed E-state index contributed by atoms with van der Waals surface area (Å²) in [5.74, 6) is 0. The fourth-order valence-electron chi connectivity index (χ4n) is 3.02. The molecule has 1 fully saturated rings. The Morgan fingerprint density at radius 1 is 1.30 bits per heavy atom. The Balaban J connectivity index is 1.65. The van der Waals surface area contributed by atoms with Crippen LogP contribution in [0.1, 0.15) is 26.3 Å². The summed E-state index contributed by atoms with van der Waals surface area (Å²) in [6.45, 7) is 7.23. The monoisotopic (exact) mass is 388 g/mol. The van der Waals surface area contributed by atoms with Gasteiger partial charge in [-0.15, -0.1) is 0 Å². The number of hydrogen-bond donors (Lipinski definition) is 0. The Morgan fingerprint density at radius 2 is 2.11 bits per heavy atom. The van der Waals surface area contributed by atoms with Crippen LogP contribution in [0.5, 0.6) is 0 Å². The highest BCUT2D eigenvalue weighted by Gasteiger charge is 2.28. The molecule has 0 radical (unpaired) electrons. The molecule has 0 aliphatic carbocycles. The number of carbonyl (C=O) groups excluding carboxylic acids is 1. The van der Waals surface area contributed by atoms with Crippen LogP contribution < -0.4 is 0 Å². The van der Waals surface area contributed by atoms with E-state index in [-0.39, 0.29) is 12.2 Å². The Hall–Kier alpha value is -2.11. The number of amides is 1. The first-order chi connectivity index (χ1) is 12.8. The van der Waals surface area contributed by atoms with E-state index in [4.69, 9.17) is 21.1 Å². The number of halogens is 1. The van der Waals surface area contributed by atoms with Crippen molar-refractivity contribution in [3.05, 3.63) is 53.3 Å². The van der Waals surface area contributed by atoms with Crippen LogP contribution >= 0.6 is 11.6 Å². The van der Waals surface area contributed by atoms with Crippen LogP contribution in [-0.2, 0) is 15.9 Å². The predicted molar refractivity (Wildman–Crippen MR) is 106 cm³/mol. The van der Waals surface area contributed by atoms with E-state index in [2.05, 4.69) is 17.1 Å². The molecule has 1 saturated heterocycles. The van der Waals surface area contributed by atoms with Gasteiger partial charge in [-0.1, -0.05) is 35.9 Å². The number of nitrogens with zero attached hydrogens (tertiary/aromatic N) is 2. The molecule has 0 N–H and O–H groups in total. The van der Waals surface area contributed by atoms with Crippen LogP contribution in [0.2, 0.25) is 5.15 Å². The quantitative estimate of drug-likeness (QED) is 0.722. The maximum atomic E-state index is 12.3. The summed E-state index contributed by atoms with van der Waals surface area (Å²) in [4.78, 5) is 18.2. The molecule has 1 amide bonds. The Kier molecular flexibility index (Phi) is 6.02. The van der Waals surface area contributed by atoms with Crippen molar-refractivity contribution >= 4 is 17.7 Å². The minimum atomic E-state index is -0.494. The first kappa shape index (κ1) is 19.6. The maximum Gasteiger partial charge on any atom is 0.410 e. The van der Waals surface area contributed by atoms with Gasteiger partial charge in [0.05, 0.1) is 19.3 Å². The van der Waals surface area contributed by atoms with Gasteiger partial charge in [-0.05, 0) is 44.0 Å². The second-order valence-electron chi connectivity index (χ2n) is 7.69. The van der Waals surface area contributed by atoms with Crippen molar-refractivity contribution < 1.29 is 14.3 Å². The average molecular weight is 389 g/mol. The molecule has 1 aromatic heterocycles. The highest BCUT2D eigenvalue weighted by molar-refractivity contribution is 6.29. The number of benzene rings is 1. The number of carbonyl (C=O) groups is 1. The number of pyridine rings is 1. The van der Waals surface area contributed by atoms with Crippen molar-refractivity contribution in [1.29, 1.82) is 0 Å². The molecule has 0 bridgehead atoms. The summed E-state index contributed by atoms with van der Waals surface area (Å²) in [5, 5.41) is 0.479. The molecule has 2 heterocycles. The third-order valence-electron chi connectivity index (χ3n) is 4.24. The third kappa shape index (κ3) is 5.68. The van der Waals surface area contributed by atoms with Gasteiger partial charge in [-0.3, -0.25) is 0 Å². The van der Waals surface area contributed by atoms with E-state index in [1.807, 2.05) is 39.0 Å². The predicted octanol–water partition coefficient (Wildman–Crippen LogP) is 4.58. The molecular weight excluding hydrogens is 364 g/mol. The summed E-state index contributed by atoms with van der Waals surface area (Å²) in [6.07, 6.45) is 2.17. The van der Waals surface area contributed by atoms with Gasteiger partial charge in [0.2, 0.25) is 0 Å². The molecule has 0 unspecified atom stereocenters. The van der Waals surface area contributed by atoms with Crippen molar-refractivity contribution in [2.45, 2.75) is 38.9 Å². The van der Waals surface area contributed by atoms with Crippen molar-refractivity contribution in [3.63, 3.8) is 0 Å². The van der Waals surface area contributed by atoms with Gasteiger partial charge in [-0.25, -0.2) is 9.78 Å². The van der Waals surface area contributed by atoms with Gasteiger partial charge < -0.3 is 14.4 Å². The van der Waals surface area contributed by atoms with E-state index in [1.165, 1.54) is 0 Å². The van der Waals surface area contributed by atoms with Gasteiger partial charge in [0.1, 0.15) is 10.8 Å². The topological polar surface area (TPSA) is 51.7 Å². The van der Waals surface area contributed by atoms with Gasteiger partial charge in [0.25, 0.3) is 0 Å². The fourth-order valence-corrected chi connectivity index (χ4v) is 3.13. The van der Waals surface area contributed by atoms with Crippen LogP contribution in [0.25, 0.3) is 11.1 Å². The molecule has 0 spiro atoms. The Labute approximate surface area is 165 Å². The number of hydrogen-bond acceptors (Lipinski definition) is 4. The second-order valence-corrected chi connectivity index (χ2v) is 8.08. The molecule has 2 aromatic rings. The van der Waals surface area contributed by atoms with Crippen molar-refractivity contribution in [3.8, 4) is 11.1 Å². The lowest BCUT2D eigenvalue weighted by Gasteiger charge is -2.34. The summed E-state index contributed by atoms with van der Waals surface area (Å²) in [5.41, 5.74) is 2.75.